The molecule has 0 aromatic rings. The summed E-state index contributed by atoms with van der Waals surface area (Å²) < 4.78 is 5.46. The van der Waals surface area contributed by atoms with Crippen molar-refractivity contribution in [3.63, 3.8) is 0 Å². The molecule has 0 aliphatic carbocycles. The van der Waals surface area contributed by atoms with Crippen LogP contribution >= 0.6 is 0 Å². The fourth-order valence-electron chi connectivity index (χ4n) is 2.23. The van der Waals surface area contributed by atoms with E-state index in [4.69, 9.17) is 4.74 Å². The van der Waals surface area contributed by atoms with E-state index in [9.17, 15) is 0 Å². The summed E-state index contributed by atoms with van der Waals surface area (Å²) in [6.07, 6.45) is 2.46. The highest BCUT2D eigenvalue weighted by Crippen LogP contribution is 2.15. The Bertz CT molecular complexity index is 174. The second-order valence-electron chi connectivity index (χ2n) is 5.70. The van der Waals surface area contributed by atoms with Crippen LogP contribution in [0.5, 0.6) is 0 Å². The zero-order chi connectivity index (χ0) is 11.3. The molecule has 0 spiro atoms. The normalized spacial score (nSPS) is 23.4. The molecule has 3 heteroatoms. The van der Waals surface area contributed by atoms with Gasteiger partial charge in [-0.2, -0.15) is 0 Å². The van der Waals surface area contributed by atoms with Gasteiger partial charge in [-0.05, 0) is 32.4 Å². The van der Waals surface area contributed by atoms with Crippen molar-refractivity contribution in [1.29, 1.82) is 0 Å². The Morgan fingerprint density at radius 3 is 2.67 bits per heavy atom. The minimum absolute atomic E-state index is 0.334. The van der Waals surface area contributed by atoms with Gasteiger partial charge in [0.1, 0.15) is 0 Å². The van der Waals surface area contributed by atoms with Gasteiger partial charge in [0.15, 0.2) is 0 Å². The molecule has 3 nitrogen and oxygen atoms in total. The summed E-state index contributed by atoms with van der Waals surface area (Å²) in [4.78, 5) is 2.25. The highest BCUT2D eigenvalue weighted by molar-refractivity contribution is 4.78. The van der Waals surface area contributed by atoms with Crippen LogP contribution in [0, 0.1) is 5.41 Å². The zero-order valence-electron chi connectivity index (χ0n) is 10.7. The Labute approximate surface area is 94.2 Å². The molecular weight excluding hydrogens is 188 g/mol. The molecule has 1 saturated heterocycles. The van der Waals surface area contributed by atoms with Gasteiger partial charge < -0.3 is 15.0 Å². The Kier molecular flexibility index (Phi) is 5.03. The van der Waals surface area contributed by atoms with Gasteiger partial charge in [-0.3, -0.25) is 0 Å². The van der Waals surface area contributed by atoms with Crippen LogP contribution in [-0.4, -0.2) is 51.3 Å². The molecular formula is C12H26N2O. The Balaban J connectivity index is 2.21. The highest BCUT2D eigenvalue weighted by Gasteiger charge is 2.21. The largest absolute Gasteiger partial charge is 0.380 e. The maximum absolute atomic E-state index is 5.46. The van der Waals surface area contributed by atoms with Gasteiger partial charge in [-0.1, -0.05) is 13.8 Å². The highest BCUT2D eigenvalue weighted by atomic mass is 16.5. The second-order valence-corrected chi connectivity index (χ2v) is 5.70. The Hall–Kier alpha value is -0.120. The summed E-state index contributed by atoms with van der Waals surface area (Å²) in [6, 6.07) is 0.570. The monoisotopic (exact) mass is 214 g/mol. The molecule has 1 rings (SSSR count). The van der Waals surface area contributed by atoms with E-state index in [1.165, 1.54) is 12.8 Å². The summed E-state index contributed by atoms with van der Waals surface area (Å²) >= 11 is 0. The van der Waals surface area contributed by atoms with E-state index < -0.39 is 0 Å². The van der Waals surface area contributed by atoms with Gasteiger partial charge in [0.05, 0.1) is 6.61 Å². The average Bonchev–Trinajstić information content (AvgIpc) is 2.15. The lowest BCUT2D eigenvalue weighted by atomic mass is 9.92. The molecule has 0 aromatic heterocycles. The minimum atomic E-state index is 0.334. The fourth-order valence-corrected chi connectivity index (χ4v) is 2.23. The SMILES string of the molecule is CN(C)CC(C)(C)CNC1CCCOC1. The zero-order valence-corrected chi connectivity index (χ0v) is 10.7. The van der Waals surface area contributed by atoms with Crippen molar-refractivity contribution in [2.75, 3.05) is 40.4 Å². The lowest BCUT2D eigenvalue weighted by Crippen LogP contribution is -2.44. The fraction of sp³-hybridized carbons (Fsp3) is 1.00. The van der Waals surface area contributed by atoms with Crippen molar-refractivity contribution in [2.24, 2.45) is 5.41 Å². The van der Waals surface area contributed by atoms with Crippen molar-refractivity contribution < 1.29 is 4.74 Å². The first kappa shape index (κ1) is 12.9. The van der Waals surface area contributed by atoms with Gasteiger partial charge in [0.2, 0.25) is 0 Å². The summed E-state index contributed by atoms with van der Waals surface area (Å²) in [5.74, 6) is 0. The molecule has 1 heterocycles. The third-order valence-corrected chi connectivity index (χ3v) is 2.77. The Morgan fingerprint density at radius 1 is 1.40 bits per heavy atom. The van der Waals surface area contributed by atoms with Crippen LogP contribution in [0.3, 0.4) is 0 Å². The van der Waals surface area contributed by atoms with Crippen molar-refractivity contribution in [2.45, 2.75) is 32.7 Å². The van der Waals surface area contributed by atoms with E-state index in [0.717, 1.165) is 26.3 Å². The molecule has 15 heavy (non-hydrogen) atoms. The number of hydrogen-bond acceptors (Lipinski definition) is 3. The van der Waals surface area contributed by atoms with E-state index in [2.05, 4.69) is 38.2 Å². The van der Waals surface area contributed by atoms with Gasteiger partial charge in [-0.25, -0.2) is 0 Å². The summed E-state index contributed by atoms with van der Waals surface area (Å²) in [5, 5.41) is 3.62. The first-order valence-corrected chi connectivity index (χ1v) is 5.95. The average molecular weight is 214 g/mol. The third kappa shape index (κ3) is 5.50. The molecule has 1 fully saturated rings. The maximum Gasteiger partial charge on any atom is 0.0619 e. The van der Waals surface area contributed by atoms with Crippen LogP contribution < -0.4 is 5.32 Å². The van der Waals surface area contributed by atoms with Gasteiger partial charge >= 0.3 is 0 Å². The summed E-state index contributed by atoms with van der Waals surface area (Å²) in [6.45, 7) is 8.64. The molecule has 0 saturated carbocycles. The molecule has 0 bridgehead atoms. The minimum Gasteiger partial charge on any atom is -0.380 e. The summed E-state index contributed by atoms with van der Waals surface area (Å²) in [5.41, 5.74) is 0.334. The van der Waals surface area contributed by atoms with Crippen LogP contribution in [0.1, 0.15) is 26.7 Å². The lowest BCUT2D eigenvalue weighted by Gasteiger charge is -2.32. The quantitative estimate of drug-likeness (QED) is 0.747. The first-order chi connectivity index (χ1) is 6.99. The molecule has 1 N–H and O–H groups in total. The van der Waals surface area contributed by atoms with Gasteiger partial charge in [-0.15, -0.1) is 0 Å². The van der Waals surface area contributed by atoms with E-state index in [1.807, 2.05) is 0 Å². The van der Waals surface area contributed by atoms with Crippen molar-refractivity contribution in [3.8, 4) is 0 Å². The van der Waals surface area contributed by atoms with E-state index in [-0.39, 0.29) is 0 Å². The van der Waals surface area contributed by atoms with Crippen molar-refractivity contribution in [1.82, 2.24) is 10.2 Å². The molecule has 0 amide bonds. The van der Waals surface area contributed by atoms with Crippen LogP contribution in [0.2, 0.25) is 0 Å². The number of nitrogens with zero attached hydrogens (tertiary/aromatic N) is 1. The van der Waals surface area contributed by atoms with E-state index >= 15 is 0 Å². The Morgan fingerprint density at radius 2 is 2.13 bits per heavy atom. The molecule has 90 valence electrons. The van der Waals surface area contributed by atoms with Gasteiger partial charge in [0, 0.05) is 25.7 Å². The molecule has 0 aromatic carbocycles. The molecule has 1 unspecified atom stereocenters. The predicted molar refractivity (Wildman–Crippen MR) is 64.2 cm³/mol. The molecule has 0 radical (unpaired) electrons. The number of ether oxygens (including phenoxy) is 1. The van der Waals surface area contributed by atoms with E-state index in [0.29, 0.717) is 11.5 Å². The predicted octanol–water partition coefficient (Wildman–Crippen LogP) is 1.34. The molecule has 1 aliphatic rings. The standard InChI is InChI=1S/C12H26N2O/c1-12(2,10-14(3)4)9-13-11-6-5-7-15-8-11/h11,13H,5-10H2,1-4H3. The topological polar surface area (TPSA) is 24.5 Å². The molecule has 1 aliphatic heterocycles. The number of nitrogens with one attached hydrogen (secondary N) is 1. The third-order valence-electron chi connectivity index (χ3n) is 2.77. The van der Waals surface area contributed by atoms with Crippen LogP contribution in [-0.2, 0) is 4.74 Å². The van der Waals surface area contributed by atoms with Crippen LogP contribution in [0.4, 0.5) is 0 Å². The number of hydrogen-bond donors (Lipinski definition) is 1. The molecule has 1 atom stereocenters. The lowest BCUT2D eigenvalue weighted by molar-refractivity contribution is 0.0656. The number of rotatable bonds is 5. The summed E-state index contributed by atoms with van der Waals surface area (Å²) in [7, 11) is 4.26. The van der Waals surface area contributed by atoms with Crippen molar-refractivity contribution in [3.05, 3.63) is 0 Å². The first-order valence-electron chi connectivity index (χ1n) is 5.95. The van der Waals surface area contributed by atoms with Crippen LogP contribution in [0.25, 0.3) is 0 Å². The maximum atomic E-state index is 5.46. The van der Waals surface area contributed by atoms with Crippen molar-refractivity contribution >= 4 is 0 Å². The van der Waals surface area contributed by atoms with Gasteiger partial charge in [0.25, 0.3) is 0 Å². The van der Waals surface area contributed by atoms with Crippen LogP contribution in [0.15, 0.2) is 0 Å². The second kappa shape index (κ2) is 5.83. The smallest absolute Gasteiger partial charge is 0.0619 e. The van der Waals surface area contributed by atoms with E-state index in [1.54, 1.807) is 0 Å².